The minimum Gasteiger partial charge on any atom is -0.479 e. The van der Waals surface area contributed by atoms with Gasteiger partial charge >= 0.3 is 5.69 Å². The normalized spacial score (nSPS) is 10.9. The van der Waals surface area contributed by atoms with Crippen LogP contribution in [0.4, 0.5) is 15.8 Å². The molecule has 0 unspecified atom stereocenters. The van der Waals surface area contributed by atoms with Gasteiger partial charge in [-0.3, -0.25) is 19.6 Å². The lowest BCUT2D eigenvalue weighted by Crippen LogP contribution is -2.12. The summed E-state index contributed by atoms with van der Waals surface area (Å²) in [5, 5.41) is 18.6. The first-order valence-corrected chi connectivity index (χ1v) is 10.8. The lowest BCUT2D eigenvalue weighted by Gasteiger charge is -2.08. The van der Waals surface area contributed by atoms with Gasteiger partial charge in [-0.1, -0.05) is 29.8 Å². The molecule has 0 aliphatic carbocycles. The lowest BCUT2D eigenvalue weighted by atomic mass is 10.2. The summed E-state index contributed by atoms with van der Waals surface area (Å²) in [6, 6.07) is 13.2. The molecule has 0 saturated carbocycles. The summed E-state index contributed by atoms with van der Waals surface area (Å²) in [6.45, 7) is 3.75. The Balaban J connectivity index is 1.44. The lowest BCUT2D eigenvalue weighted by molar-refractivity contribution is -0.386. The fourth-order valence-corrected chi connectivity index (χ4v) is 3.70. The van der Waals surface area contributed by atoms with E-state index in [0.29, 0.717) is 34.9 Å². The van der Waals surface area contributed by atoms with Crippen LogP contribution in [0.2, 0.25) is 5.02 Å². The number of halogens is 2. The number of nitro benzene ring substituents is 1. The Kier molecular flexibility index (Phi) is 6.83. The molecule has 35 heavy (non-hydrogen) atoms. The van der Waals surface area contributed by atoms with Crippen LogP contribution in [0.25, 0.3) is 0 Å². The molecule has 0 spiro atoms. The van der Waals surface area contributed by atoms with Crippen LogP contribution < -0.4 is 10.1 Å². The van der Waals surface area contributed by atoms with Gasteiger partial charge in [0.05, 0.1) is 28.5 Å². The fraction of sp³-hybridized carbons (Fsp3) is 0.167. The predicted octanol–water partition coefficient (Wildman–Crippen LogP) is 5.67. The summed E-state index contributed by atoms with van der Waals surface area (Å²) < 4.78 is 26.0. The number of aromatic nitrogens is 2. The van der Waals surface area contributed by atoms with Crippen molar-refractivity contribution in [1.82, 2.24) is 9.78 Å². The van der Waals surface area contributed by atoms with E-state index in [1.165, 1.54) is 30.3 Å². The van der Waals surface area contributed by atoms with Crippen LogP contribution >= 0.6 is 11.6 Å². The summed E-state index contributed by atoms with van der Waals surface area (Å²) in [5.74, 6) is -0.458. The highest BCUT2D eigenvalue weighted by molar-refractivity contribution is 6.31. The van der Waals surface area contributed by atoms with Crippen LogP contribution in [-0.2, 0) is 13.2 Å². The monoisotopic (exact) mass is 498 g/mol. The van der Waals surface area contributed by atoms with Crippen molar-refractivity contribution in [2.24, 2.45) is 0 Å². The number of anilines is 1. The van der Waals surface area contributed by atoms with E-state index in [9.17, 15) is 19.3 Å². The van der Waals surface area contributed by atoms with Gasteiger partial charge in [-0.2, -0.15) is 5.10 Å². The van der Waals surface area contributed by atoms with E-state index >= 15 is 0 Å². The van der Waals surface area contributed by atoms with E-state index in [2.05, 4.69) is 10.4 Å². The van der Waals surface area contributed by atoms with Crippen molar-refractivity contribution in [1.29, 1.82) is 0 Å². The van der Waals surface area contributed by atoms with E-state index in [0.717, 1.165) is 0 Å². The Bertz CT molecular complexity index is 1410. The zero-order chi connectivity index (χ0) is 25.1. The molecule has 2 aromatic heterocycles. The molecule has 180 valence electrons. The number of ether oxygens (including phenoxy) is 1. The molecule has 0 aliphatic rings. The van der Waals surface area contributed by atoms with Crippen molar-refractivity contribution < 1.29 is 23.3 Å². The van der Waals surface area contributed by atoms with E-state index in [4.69, 9.17) is 20.8 Å². The third-order valence-corrected chi connectivity index (χ3v) is 5.62. The van der Waals surface area contributed by atoms with Crippen LogP contribution in [0, 0.1) is 29.8 Å². The van der Waals surface area contributed by atoms with Gasteiger partial charge in [0, 0.05) is 11.1 Å². The molecule has 0 saturated heterocycles. The second-order valence-corrected chi connectivity index (χ2v) is 8.08. The van der Waals surface area contributed by atoms with Gasteiger partial charge in [-0.25, -0.2) is 4.39 Å². The molecule has 1 amide bonds. The molecule has 9 nitrogen and oxygen atoms in total. The van der Waals surface area contributed by atoms with Gasteiger partial charge in [0.2, 0.25) is 0 Å². The van der Waals surface area contributed by atoms with Crippen molar-refractivity contribution in [2.45, 2.75) is 27.0 Å². The Morgan fingerprint density at radius 1 is 1.23 bits per heavy atom. The maximum Gasteiger partial charge on any atom is 0.310 e. The number of aryl methyl sites for hydroxylation is 1. The minimum absolute atomic E-state index is 0.0410. The number of nitro groups is 1. The molecule has 2 aromatic carbocycles. The number of hydrogen-bond donors (Lipinski definition) is 1. The quantitative estimate of drug-likeness (QED) is 0.247. The van der Waals surface area contributed by atoms with Gasteiger partial charge in [-0.15, -0.1) is 0 Å². The van der Waals surface area contributed by atoms with Crippen LogP contribution in [0.15, 0.2) is 59.0 Å². The Hall–Kier alpha value is -4.18. The van der Waals surface area contributed by atoms with Gasteiger partial charge in [0.1, 0.15) is 18.2 Å². The number of rotatable bonds is 8. The average molecular weight is 499 g/mol. The third kappa shape index (κ3) is 5.33. The molecule has 2 heterocycles. The zero-order valence-electron chi connectivity index (χ0n) is 18.7. The van der Waals surface area contributed by atoms with Crippen LogP contribution in [0.3, 0.4) is 0 Å². The van der Waals surface area contributed by atoms with Crippen LogP contribution in [0.5, 0.6) is 5.75 Å². The van der Waals surface area contributed by atoms with Gasteiger partial charge in [-0.05, 0) is 49.7 Å². The summed E-state index contributed by atoms with van der Waals surface area (Å²) in [5.41, 5.74) is 2.30. The molecule has 4 rings (SSSR count). The van der Waals surface area contributed by atoms with E-state index in [1.54, 1.807) is 42.8 Å². The number of carbonyl (C=O) groups excluding carboxylic acids is 1. The fourth-order valence-electron chi connectivity index (χ4n) is 3.47. The molecular weight excluding hydrogens is 479 g/mol. The van der Waals surface area contributed by atoms with E-state index in [1.807, 2.05) is 0 Å². The Morgan fingerprint density at radius 2 is 2.00 bits per heavy atom. The van der Waals surface area contributed by atoms with Gasteiger partial charge < -0.3 is 14.5 Å². The molecule has 1 N–H and O–H groups in total. The Morgan fingerprint density at radius 3 is 2.74 bits per heavy atom. The summed E-state index contributed by atoms with van der Waals surface area (Å²) in [6.07, 6.45) is 0. The number of carbonyl (C=O) groups is 1. The number of hydrogen-bond acceptors (Lipinski definition) is 6. The topological polar surface area (TPSA) is 112 Å². The van der Waals surface area contributed by atoms with Crippen LogP contribution in [-0.4, -0.2) is 20.6 Å². The van der Waals surface area contributed by atoms with Crippen molar-refractivity contribution in [2.75, 3.05) is 5.32 Å². The van der Waals surface area contributed by atoms with Gasteiger partial charge in [0.25, 0.3) is 5.91 Å². The third-order valence-electron chi connectivity index (χ3n) is 5.27. The average Bonchev–Trinajstić information content (AvgIpc) is 3.40. The number of furan rings is 1. The number of nitrogens with zero attached hydrogens (tertiary/aromatic N) is 3. The first-order chi connectivity index (χ1) is 16.7. The van der Waals surface area contributed by atoms with Crippen molar-refractivity contribution in [3.63, 3.8) is 0 Å². The highest BCUT2D eigenvalue weighted by Gasteiger charge is 2.19. The highest BCUT2D eigenvalue weighted by Crippen LogP contribution is 2.27. The molecule has 0 radical (unpaired) electrons. The largest absolute Gasteiger partial charge is 0.479 e. The maximum absolute atomic E-state index is 13.3. The maximum atomic E-state index is 13.3. The minimum atomic E-state index is -0.537. The van der Waals surface area contributed by atoms with E-state index in [-0.39, 0.29) is 28.8 Å². The van der Waals surface area contributed by atoms with Crippen molar-refractivity contribution in [3.05, 3.63) is 104 Å². The standard InChI is InChI=1S/C24H20ClFN4O5/c1-14-23(15(2)29(28-14)12-16-7-8-17(26)11-19(16)25)27-24(31)22-10-9-18(35-22)13-34-21-6-4-3-5-20(21)30(32)33/h3-11H,12-13H2,1-2H3,(H,27,31). The first-order valence-electron chi connectivity index (χ1n) is 10.5. The zero-order valence-corrected chi connectivity index (χ0v) is 19.5. The molecule has 4 aromatic rings. The number of para-hydroxylation sites is 2. The molecule has 11 heteroatoms. The van der Waals surface area contributed by atoms with Crippen molar-refractivity contribution >= 4 is 28.9 Å². The second-order valence-electron chi connectivity index (χ2n) is 7.67. The SMILES string of the molecule is Cc1nn(Cc2ccc(F)cc2Cl)c(C)c1NC(=O)c1ccc(COc2ccccc2[N+](=O)[O-])o1. The molecule has 0 atom stereocenters. The number of amides is 1. The number of nitrogens with one attached hydrogen (secondary N) is 1. The van der Waals surface area contributed by atoms with Crippen LogP contribution in [0.1, 0.15) is 33.3 Å². The summed E-state index contributed by atoms with van der Waals surface area (Å²) >= 11 is 6.13. The smallest absolute Gasteiger partial charge is 0.310 e. The summed E-state index contributed by atoms with van der Waals surface area (Å²) in [7, 11) is 0. The molecular formula is C24H20ClFN4O5. The molecule has 0 aliphatic heterocycles. The Labute approximate surface area is 204 Å². The van der Waals surface area contributed by atoms with Gasteiger partial charge in [0.15, 0.2) is 11.5 Å². The summed E-state index contributed by atoms with van der Waals surface area (Å²) in [4.78, 5) is 23.3. The predicted molar refractivity (Wildman–Crippen MR) is 126 cm³/mol. The molecule has 0 bridgehead atoms. The molecule has 0 fully saturated rings. The highest BCUT2D eigenvalue weighted by atomic mass is 35.5. The van der Waals surface area contributed by atoms with Crippen molar-refractivity contribution in [3.8, 4) is 5.75 Å². The first kappa shape index (κ1) is 24.0. The number of benzene rings is 2. The second kappa shape index (κ2) is 9.98. The van der Waals surface area contributed by atoms with E-state index < -0.39 is 16.6 Å².